The van der Waals surface area contributed by atoms with Crippen molar-refractivity contribution < 1.29 is 14.3 Å². The third kappa shape index (κ3) is 4.25. The minimum atomic E-state index is -0.611. The van der Waals surface area contributed by atoms with Gasteiger partial charge in [-0.2, -0.15) is 0 Å². The topological polar surface area (TPSA) is 46.6 Å². The fourth-order valence-electron chi connectivity index (χ4n) is 0.786. The first kappa shape index (κ1) is 12.9. The van der Waals surface area contributed by atoms with Gasteiger partial charge in [0.15, 0.2) is 0 Å². The van der Waals surface area contributed by atoms with Crippen LogP contribution in [0.4, 0.5) is 4.79 Å². The van der Waals surface area contributed by atoms with Gasteiger partial charge in [0.2, 0.25) is 6.41 Å². The highest BCUT2D eigenvalue weighted by molar-refractivity contribution is 5.81. The highest BCUT2D eigenvalue weighted by Crippen LogP contribution is 2.16. The van der Waals surface area contributed by atoms with E-state index in [-0.39, 0.29) is 0 Å². The van der Waals surface area contributed by atoms with Crippen LogP contribution >= 0.6 is 0 Å². The second-order valence-corrected chi connectivity index (χ2v) is 5.13. The Hall–Kier alpha value is -1.06. The molecule has 0 saturated heterocycles. The summed E-state index contributed by atoms with van der Waals surface area (Å²) < 4.78 is 5.07. The van der Waals surface area contributed by atoms with Crippen LogP contribution in [0.3, 0.4) is 0 Å². The Balaban J connectivity index is 4.58. The number of hydrogen-bond donors (Lipinski definition) is 0. The van der Waals surface area contributed by atoms with Gasteiger partial charge < -0.3 is 4.74 Å². The van der Waals surface area contributed by atoms with Crippen LogP contribution in [0.2, 0.25) is 0 Å². The quantitative estimate of drug-likeness (QED) is 0.611. The fraction of sp³-hybridized carbons (Fsp3) is 0.800. The van der Waals surface area contributed by atoms with Gasteiger partial charge in [0.05, 0.1) is 0 Å². The van der Waals surface area contributed by atoms with Crippen LogP contribution in [0.1, 0.15) is 41.5 Å². The normalized spacial score (nSPS) is 12.1. The van der Waals surface area contributed by atoms with Gasteiger partial charge >= 0.3 is 6.09 Å². The molecule has 0 spiro atoms. The van der Waals surface area contributed by atoms with Crippen LogP contribution in [-0.2, 0) is 9.53 Å². The Morgan fingerprint density at radius 2 is 1.57 bits per heavy atom. The summed E-state index contributed by atoms with van der Waals surface area (Å²) in [4.78, 5) is 23.3. The maximum atomic E-state index is 11.5. The van der Waals surface area contributed by atoms with Crippen LogP contribution in [0.25, 0.3) is 0 Å². The second kappa shape index (κ2) is 3.98. The molecule has 0 saturated carbocycles. The van der Waals surface area contributed by atoms with Crippen molar-refractivity contribution in [2.75, 3.05) is 0 Å². The molecule has 0 aliphatic carbocycles. The van der Waals surface area contributed by atoms with E-state index in [2.05, 4.69) is 0 Å². The van der Waals surface area contributed by atoms with Gasteiger partial charge in [-0.05, 0) is 41.5 Å². The highest BCUT2D eigenvalue weighted by atomic mass is 16.6. The molecule has 0 fully saturated rings. The molecule has 0 rings (SSSR count). The van der Waals surface area contributed by atoms with E-state index in [0.29, 0.717) is 6.41 Å². The van der Waals surface area contributed by atoms with E-state index in [0.717, 1.165) is 4.90 Å². The van der Waals surface area contributed by atoms with Gasteiger partial charge in [-0.15, -0.1) is 0 Å². The maximum absolute atomic E-state index is 11.5. The molecule has 0 radical (unpaired) electrons. The molecular formula is C10H19NO3. The molecule has 4 heteroatoms. The molecule has 0 aliphatic rings. The van der Waals surface area contributed by atoms with Crippen LogP contribution in [-0.4, -0.2) is 28.5 Å². The largest absolute Gasteiger partial charge is 0.443 e. The van der Waals surface area contributed by atoms with E-state index in [1.54, 1.807) is 41.5 Å². The van der Waals surface area contributed by atoms with Crippen molar-refractivity contribution in [2.45, 2.75) is 52.7 Å². The molecule has 82 valence electrons. The molecule has 0 unspecified atom stereocenters. The van der Waals surface area contributed by atoms with E-state index in [1.807, 2.05) is 0 Å². The SMILES string of the molecule is CC(C)(C)OC(=O)N(C=O)C(C)(C)C. The lowest BCUT2D eigenvalue weighted by molar-refractivity contribution is -0.121. The number of imide groups is 1. The fourth-order valence-corrected chi connectivity index (χ4v) is 0.786. The summed E-state index contributed by atoms with van der Waals surface area (Å²) in [5.41, 5.74) is -1.13. The van der Waals surface area contributed by atoms with E-state index in [4.69, 9.17) is 4.74 Å². The number of hydrogen-bond acceptors (Lipinski definition) is 3. The van der Waals surface area contributed by atoms with Crippen LogP contribution < -0.4 is 0 Å². The van der Waals surface area contributed by atoms with Gasteiger partial charge in [0.25, 0.3) is 0 Å². The number of amides is 2. The molecule has 0 atom stereocenters. The zero-order chi connectivity index (χ0) is 11.6. The van der Waals surface area contributed by atoms with Gasteiger partial charge in [0, 0.05) is 5.54 Å². The molecule has 0 aromatic rings. The highest BCUT2D eigenvalue weighted by Gasteiger charge is 2.30. The summed E-state index contributed by atoms with van der Waals surface area (Å²) in [5.74, 6) is 0. The third-order valence-electron chi connectivity index (χ3n) is 1.42. The average molecular weight is 201 g/mol. The minimum absolute atomic E-state index is 0.494. The Kier molecular flexibility index (Phi) is 3.68. The predicted octanol–water partition coefficient (Wildman–Crippen LogP) is 2.18. The molecule has 0 N–H and O–H groups in total. The molecule has 2 amide bonds. The van der Waals surface area contributed by atoms with Crippen LogP contribution in [0, 0.1) is 0 Å². The molecule has 0 heterocycles. The zero-order valence-electron chi connectivity index (χ0n) is 9.75. The van der Waals surface area contributed by atoms with Gasteiger partial charge in [-0.3, -0.25) is 4.79 Å². The van der Waals surface area contributed by atoms with E-state index >= 15 is 0 Å². The number of carbonyl (C=O) groups excluding carboxylic acids is 2. The van der Waals surface area contributed by atoms with Crippen LogP contribution in [0.5, 0.6) is 0 Å². The Labute approximate surface area is 85.2 Å². The number of ether oxygens (including phenoxy) is 1. The van der Waals surface area contributed by atoms with Crippen molar-refractivity contribution in [3.05, 3.63) is 0 Å². The summed E-state index contributed by atoms with van der Waals surface area (Å²) >= 11 is 0. The van der Waals surface area contributed by atoms with Gasteiger partial charge in [0.1, 0.15) is 5.60 Å². The molecular weight excluding hydrogens is 182 g/mol. The molecule has 0 aliphatic heterocycles. The molecule has 0 aromatic heterocycles. The molecule has 0 aromatic carbocycles. The van der Waals surface area contributed by atoms with E-state index in [1.165, 1.54) is 0 Å². The summed E-state index contributed by atoms with van der Waals surface area (Å²) in [6.45, 7) is 10.6. The lowest BCUT2D eigenvalue weighted by Gasteiger charge is -2.32. The first-order valence-electron chi connectivity index (χ1n) is 4.55. The lowest BCUT2D eigenvalue weighted by Crippen LogP contribution is -2.46. The van der Waals surface area contributed by atoms with Crippen molar-refractivity contribution in [3.8, 4) is 0 Å². The van der Waals surface area contributed by atoms with Crippen molar-refractivity contribution in [1.29, 1.82) is 0 Å². The maximum Gasteiger partial charge on any atom is 0.417 e. The van der Waals surface area contributed by atoms with Gasteiger partial charge in [-0.25, -0.2) is 9.69 Å². The molecule has 4 nitrogen and oxygen atoms in total. The van der Waals surface area contributed by atoms with E-state index < -0.39 is 17.2 Å². The molecule has 14 heavy (non-hydrogen) atoms. The monoisotopic (exact) mass is 201 g/mol. The average Bonchev–Trinajstić information content (AvgIpc) is 1.79. The number of rotatable bonds is 1. The van der Waals surface area contributed by atoms with E-state index in [9.17, 15) is 9.59 Å². The predicted molar refractivity (Wildman–Crippen MR) is 53.9 cm³/mol. The van der Waals surface area contributed by atoms with Gasteiger partial charge in [-0.1, -0.05) is 0 Å². The van der Waals surface area contributed by atoms with Crippen LogP contribution in [0.15, 0.2) is 0 Å². The Morgan fingerprint density at radius 1 is 1.14 bits per heavy atom. The van der Waals surface area contributed by atoms with Crippen molar-refractivity contribution in [2.24, 2.45) is 0 Å². The first-order valence-corrected chi connectivity index (χ1v) is 4.55. The second-order valence-electron chi connectivity index (χ2n) is 5.13. The first-order chi connectivity index (χ1) is 6.08. The summed E-state index contributed by atoms with van der Waals surface area (Å²) in [5, 5.41) is 0. The summed E-state index contributed by atoms with van der Waals surface area (Å²) in [6, 6.07) is 0. The van der Waals surface area contributed by atoms with Crippen molar-refractivity contribution in [3.63, 3.8) is 0 Å². The summed E-state index contributed by atoms with van der Waals surface area (Å²) in [6.07, 6.45) is -0.117. The third-order valence-corrected chi connectivity index (χ3v) is 1.42. The van der Waals surface area contributed by atoms with Crippen molar-refractivity contribution >= 4 is 12.5 Å². The lowest BCUT2D eigenvalue weighted by atomic mass is 10.1. The minimum Gasteiger partial charge on any atom is -0.443 e. The number of carbonyl (C=O) groups is 2. The standard InChI is InChI=1S/C10H19NO3/c1-9(2,3)11(7-12)8(13)14-10(4,5)6/h7H,1-6H3. The Morgan fingerprint density at radius 3 is 1.79 bits per heavy atom. The Bertz CT molecular complexity index is 223. The molecule has 0 bridgehead atoms. The summed E-state index contributed by atoms with van der Waals surface area (Å²) in [7, 11) is 0. The number of nitrogens with zero attached hydrogens (tertiary/aromatic N) is 1. The smallest absolute Gasteiger partial charge is 0.417 e. The van der Waals surface area contributed by atoms with Crippen molar-refractivity contribution in [1.82, 2.24) is 4.90 Å². The zero-order valence-corrected chi connectivity index (χ0v) is 9.75.